The van der Waals surface area contributed by atoms with Crippen LogP contribution in [0, 0.1) is 5.92 Å². The van der Waals surface area contributed by atoms with E-state index < -0.39 is 11.0 Å². The fourth-order valence-corrected chi connectivity index (χ4v) is 2.53. The van der Waals surface area contributed by atoms with Crippen molar-refractivity contribution >= 4 is 11.0 Å². The standard InChI is InChI=1S/C14H23NOS/c1-11(2)13(12-9-7-6-8-10-12)15-17(16)14(3,4)5/h6-11,13,15H,1-5H3/t13-,17-/m1/s1. The Bertz CT molecular complexity index is 368. The Balaban J connectivity index is 2.86. The van der Waals surface area contributed by atoms with E-state index in [1.807, 2.05) is 39.0 Å². The molecule has 0 aliphatic heterocycles. The van der Waals surface area contributed by atoms with Gasteiger partial charge < -0.3 is 0 Å². The zero-order chi connectivity index (χ0) is 13.1. The summed E-state index contributed by atoms with van der Waals surface area (Å²) < 4.78 is 15.2. The number of nitrogens with one attached hydrogen (secondary N) is 1. The molecule has 0 radical (unpaired) electrons. The van der Waals surface area contributed by atoms with Crippen molar-refractivity contribution in [2.24, 2.45) is 5.92 Å². The van der Waals surface area contributed by atoms with Gasteiger partial charge in [-0.1, -0.05) is 44.2 Å². The summed E-state index contributed by atoms with van der Waals surface area (Å²) >= 11 is 0. The first kappa shape index (κ1) is 14.4. The Morgan fingerprint density at radius 3 is 2.06 bits per heavy atom. The summed E-state index contributed by atoms with van der Waals surface area (Å²) in [7, 11) is -1.04. The first-order valence-electron chi connectivity index (χ1n) is 6.05. The van der Waals surface area contributed by atoms with Gasteiger partial charge in [0.15, 0.2) is 0 Å². The van der Waals surface area contributed by atoms with Crippen LogP contribution in [0.4, 0.5) is 0 Å². The van der Waals surface area contributed by atoms with E-state index in [0.29, 0.717) is 5.92 Å². The van der Waals surface area contributed by atoms with Crippen LogP contribution in [0.1, 0.15) is 46.2 Å². The van der Waals surface area contributed by atoms with Gasteiger partial charge in [-0.15, -0.1) is 0 Å². The molecular weight excluding hydrogens is 230 g/mol. The first-order chi connectivity index (χ1) is 7.82. The van der Waals surface area contributed by atoms with Gasteiger partial charge in [-0.3, -0.25) is 0 Å². The average Bonchev–Trinajstić information content (AvgIpc) is 2.25. The van der Waals surface area contributed by atoms with Gasteiger partial charge in [0.1, 0.15) is 0 Å². The highest BCUT2D eigenvalue weighted by Gasteiger charge is 2.25. The van der Waals surface area contributed by atoms with Crippen molar-refractivity contribution in [3.8, 4) is 0 Å². The molecule has 2 nitrogen and oxygen atoms in total. The van der Waals surface area contributed by atoms with Crippen LogP contribution in [0.2, 0.25) is 0 Å². The molecule has 0 saturated carbocycles. The third kappa shape index (κ3) is 4.25. The number of rotatable bonds is 4. The third-order valence-corrected chi connectivity index (χ3v) is 4.20. The molecule has 1 N–H and O–H groups in total. The SMILES string of the molecule is CC(C)[C@@H](N[S@](=O)C(C)(C)C)c1ccccc1. The maximum Gasteiger partial charge on any atom is 0.0976 e. The van der Waals surface area contributed by atoms with Crippen molar-refractivity contribution in [3.63, 3.8) is 0 Å². The summed E-state index contributed by atoms with van der Waals surface area (Å²) in [5, 5.41) is 0. The van der Waals surface area contributed by atoms with E-state index in [2.05, 4.69) is 30.7 Å². The third-order valence-electron chi connectivity index (χ3n) is 2.62. The lowest BCUT2D eigenvalue weighted by molar-refractivity contribution is 0.473. The zero-order valence-electron chi connectivity index (χ0n) is 11.4. The Hall–Kier alpha value is -0.670. The Morgan fingerprint density at radius 1 is 1.12 bits per heavy atom. The van der Waals surface area contributed by atoms with Crippen LogP contribution >= 0.6 is 0 Å². The summed E-state index contributed by atoms with van der Waals surface area (Å²) in [6.45, 7) is 10.2. The highest BCUT2D eigenvalue weighted by atomic mass is 32.2. The molecule has 2 atom stereocenters. The van der Waals surface area contributed by atoms with E-state index in [9.17, 15) is 4.21 Å². The lowest BCUT2D eigenvalue weighted by Crippen LogP contribution is -2.37. The second-order valence-electron chi connectivity index (χ2n) is 5.63. The number of hydrogen-bond acceptors (Lipinski definition) is 1. The molecule has 0 aliphatic rings. The fourth-order valence-electron chi connectivity index (χ4n) is 1.54. The van der Waals surface area contributed by atoms with E-state index in [-0.39, 0.29) is 10.8 Å². The molecular formula is C14H23NOS. The molecule has 0 spiro atoms. The van der Waals surface area contributed by atoms with Crippen molar-refractivity contribution < 1.29 is 4.21 Å². The largest absolute Gasteiger partial charge is 0.242 e. The van der Waals surface area contributed by atoms with Crippen molar-refractivity contribution in [3.05, 3.63) is 35.9 Å². The Labute approximate surface area is 107 Å². The van der Waals surface area contributed by atoms with Crippen LogP contribution in [0.25, 0.3) is 0 Å². The lowest BCUT2D eigenvalue weighted by atomic mass is 9.97. The average molecular weight is 253 g/mol. The molecule has 0 fully saturated rings. The summed E-state index contributed by atoms with van der Waals surface area (Å²) in [5.41, 5.74) is 1.19. The molecule has 0 saturated heterocycles. The van der Waals surface area contributed by atoms with Crippen LogP contribution in [0.15, 0.2) is 30.3 Å². The zero-order valence-corrected chi connectivity index (χ0v) is 12.2. The van der Waals surface area contributed by atoms with Gasteiger partial charge in [0, 0.05) is 6.04 Å². The fraction of sp³-hybridized carbons (Fsp3) is 0.571. The monoisotopic (exact) mass is 253 g/mol. The lowest BCUT2D eigenvalue weighted by Gasteiger charge is -2.27. The molecule has 0 bridgehead atoms. The van der Waals surface area contributed by atoms with E-state index in [1.165, 1.54) is 5.56 Å². The van der Waals surface area contributed by atoms with Gasteiger partial charge in [-0.2, -0.15) is 0 Å². The molecule has 17 heavy (non-hydrogen) atoms. The molecule has 0 unspecified atom stereocenters. The van der Waals surface area contributed by atoms with Gasteiger partial charge >= 0.3 is 0 Å². The van der Waals surface area contributed by atoms with E-state index in [4.69, 9.17) is 0 Å². The van der Waals surface area contributed by atoms with Crippen LogP contribution in [0.3, 0.4) is 0 Å². The predicted molar refractivity (Wildman–Crippen MR) is 75.1 cm³/mol. The smallest absolute Gasteiger partial charge is 0.0976 e. The van der Waals surface area contributed by atoms with Crippen molar-refractivity contribution in [1.82, 2.24) is 4.72 Å². The van der Waals surface area contributed by atoms with E-state index in [1.54, 1.807) is 0 Å². The second-order valence-corrected chi connectivity index (χ2v) is 7.63. The Kier molecular flexibility index (Phi) is 4.90. The maximum atomic E-state index is 12.2. The van der Waals surface area contributed by atoms with Crippen LogP contribution in [-0.2, 0) is 11.0 Å². The minimum atomic E-state index is -1.04. The first-order valence-corrected chi connectivity index (χ1v) is 7.20. The molecule has 96 valence electrons. The van der Waals surface area contributed by atoms with E-state index in [0.717, 1.165) is 0 Å². The van der Waals surface area contributed by atoms with Crippen molar-refractivity contribution in [2.45, 2.75) is 45.4 Å². The highest BCUT2D eigenvalue weighted by molar-refractivity contribution is 7.84. The minimum absolute atomic E-state index is 0.135. The Morgan fingerprint density at radius 2 is 1.65 bits per heavy atom. The molecule has 1 rings (SSSR count). The van der Waals surface area contributed by atoms with Gasteiger partial charge in [0.05, 0.1) is 15.7 Å². The topological polar surface area (TPSA) is 29.1 Å². The predicted octanol–water partition coefficient (Wildman–Crippen LogP) is 3.44. The summed E-state index contributed by atoms with van der Waals surface area (Å²) in [6, 6.07) is 10.3. The summed E-state index contributed by atoms with van der Waals surface area (Å²) in [4.78, 5) is 0. The van der Waals surface area contributed by atoms with Gasteiger partial charge in [0.25, 0.3) is 0 Å². The number of benzene rings is 1. The van der Waals surface area contributed by atoms with Crippen LogP contribution in [0.5, 0.6) is 0 Å². The van der Waals surface area contributed by atoms with E-state index >= 15 is 0 Å². The maximum absolute atomic E-state index is 12.2. The molecule has 3 heteroatoms. The van der Waals surface area contributed by atoms with Crippen molar-refractivity contribution in [1.29, 1.82) is 0 Å². The number of hydrogen-bond donors (Lipinski definition) is 1. The van der Waals surface area contributed by atoms with Crippen LogP contribution in [-0.4, -0.2) is 8.96 Å². The van der Waals surface area contributed by atoms with Gasteiger partial charge in [-0.05, 0) is 32.3 Å². The van der Waals surface area contributed by atoms with Crippen molar-refractivity contribution in [2.75, 3.05) is 0 Å². The quantitative estimate of drug-likeness (QED) is 0.875. The summed E-state index contributed by atoms with van der Waals surface area (Å²) in [6.07, 6.45) is 0. The highest BCUT2D eigenvalue weighted by Crippen LogP contribution is 2.23. The van der Waals surface area contributed by atoms with Gasteiger partial charge in [0.2, 0.25) is 0 Å². The molecule has 0 heterocycles. The normalized spacial score (nSPS) is 15.9. The van der Waals surface area contributed by atoms with Crippen LogP contribution < -0.4 is 4.72 Å². The molecule has 0 aliphatic carbocycles. The minimum Gasteiger partial charge on any atom is -0.242 e. The molecule has 1 aromatic carbocycles. The molecule has 0 amide bonds. The molecule has 1 aromatic rings. The van der Waals surface area contributed by atoms with Gasteiger partial charge in [-0.25, -0.2) is 8.93 Å². The summed E-state index contributed by atoms with van der Waals surface area (Å²) in [5.74, 6) is 0.406. The second kappa shape index (κ2) is 5.78. The molecule has 0 aromatic heterocycles.